The third kappa shape index (κ3) is 7.34. The highest BCUT2D eigenvalue weighted by molar-refractivity contribution is 4.74. The molecule has 1 unspecified atom stereocenters. The second kappa shape index (κ2) is 10.7. The van der Waals surface area contributed by atoms with Crippen molar-refractivity contribution in [2.45, 2.75) is 97.4 Å². The van der Waals surface area contributed by atoms with Crippen LogP contribution in [0, 0.1) is 11.8 Å². The van der Waals surface area contributed by atoms with E-state index in [0.717, 1.165) is 17.9 Å². The molecule has 1 fully saturated rings. The Bertz CT molecular complexity index is 192. The molecule has 0 aromatic rings. The summed E-state index contributed by atoms with van der Waals surface area (Å²) in [6.45, 7) is 8.19. The van der Waals surface area contributed by atoms with Crippen molar-refractivity contribution in [1.29, 1.82) is 0 Å². The van der Waals surface area contributed by atoms with E-state index >= 15 is 0 Å². The Morgan fingerprint density at radius 2 is 1.68 bits per heavy atom. The van der Waals surface area contributed by atoms with Crippen LogP contribution >= 0.6 is 0 Å². The van der Waals surface area contributed by atoms with Gasteiger partial charge in [-0.3, -0.25) is 0 Å². The van der Waals surface area contributed by atoms with Gasteiger partial charge in [0.25, 0.3) is 0 Å². The maximum absolute atomic E-state index is 3.81. The lowest BCUT2D eigenvalue weighted by Gasteiger charge is -2.27. The Morgan fingerprint density at radius 1 is 1.00 bits per heavy atom. The van der Waals surface area contributed by atoms with Gasteiger partial charge < -0.3 is 5.32 Å². The first kappa shape index (κ1) is 17.0. The Hall–Kier alpha value is -0.0400. The second-order valence-electron chi connectivity index (χ2n) is 6.65. The molecular formula is C18H37N. The molecule has 0 spiro atoms. The number of rotatable bonds is 10. The minimum Gasteiger partial charge on any atom is -0.314 e. The minimum absolute atomic E-state index is 0.784. The third-order valence-corrected chi connectivity index (χ3v) is 5.10. The van der Waals surface area contributed by atoms with Crippen LogP contribution in [-0.2, 0) is 0 Å². The number of hydrogen-bond donors (Lipinski definition) is 1. The van der Waals surface area contributed by atoms with Crippen LogP contribution in [-0.4, -0.2) is 12.6 Å². The molecule has 0 aromatic carbocycles. The first-order valence-electron chi connectivity index (χ1n) is 9.03. The van der Waals surface area contributed by atoms with Gasteiger partial charge in [0.1, 0.15) is 0 Å². The standard InChI is InChI=1S/C18H37N/c1-4-14-19-18(15-16(5-2)6-3)13-12-17-10-8-7-9-11-17/h16-19H,4-15H2,1-3H3. The fourth-order valence-electron chi connectivity index (χ4n) is 3.59. The van der Waals surface area contributed by atoms with Gasteiger partial charge in [-0.25, -0.2) is 0 Å². The van der Waals surface area contributed by atoms with E-state index in [1.807, 2.05) is 0 Å². The van der Waals surface area contributed by atoms with Gasteiger partial charge in [0.2, 0.25) is 0 Å². The van der Waals surface area contributed by atoms with Gasteiger partial charge in [0.15, 0.2) is 0 Å². The molecule has 0 amide bonds. The normalized spacial score (nSPS) is 18.9. The Labute approximate surface area is 121 Å². The molecule has 1 N–H and O–H groups in total. The van der Waals surface area contributed by atoms with E-state index in [1.54, 1.807) is 0 Å². The topological polar surface area (TPSA) is 12.0 Å². The van der Waals surface area contributed by atoms with Gasteiger partial charge >= 0.3 is 0 Å². The van der Waals surface area contributed by atoms with Crippen molar-refractivity contribution >= 4 is 0 Å². The summed E-state index contributed by atoms with van der Waals surface area (Å²) in [6, 6.07) is 0.784. The summed E-state index contributed by atoms with van der Waals surface area (Å²) in [4.78, 5) is 0. The summed E-state index contributed by atoms with van der Waals surface area (Å²) < 4.78 is 0. The first-order valence-corrected chi connectivity index (χ1v) is 9.03. The number of hydrogen-bond acceptors (Lipinski definition) is 1. The van der Waals surface area contributed by atoms with Crippen molar-refractivity contribution < 1.29 is 0 Å². The molecule has 0 aromatic heterocycles. The van der Waals surface area contributed by atoms with Gasteiger partial charge in [-0.15, -0.1) is 0 Å². The van der Waals surface area contributed by atoms with Crippen LogP contribution in [0.25, 0.3) is 0 Å². The molecule has 0 aliphatic heterocycles. The van der Waals surface area contributed by atoms with Gasteiger partial charge in [-0.1, -0.05) is 65.7 Å². The van der Waals surface area contributed by atoms with E-state index in [0.29, 0.717) is 0 Å². The summed E-state index contributed by atoms with van der Waals surface area (Å²) in [7, 11) is 0. The zero-order chi connectivity index (χ0) is 13.9. The molecule has 1 heteroatoms. The average molecular weight is 268 g/mol. The lowest BCUT2D eigenvalue weighted by molar-refractivity contribution is 0.289. The Kier molecular flexibility index (Phi) is 9.59. The van der Waals surface area contributed by atoms with Crippen molar-refractivity contribution in [3.63, 3.8) is 0 Å². The molecule has 1 aliphatic rings. The van der Waals surface area contributed by atoms with Crippen molar-refractivity contribution in [3.8, 4) is 0 Å². The maximum atomic E-state index is 3.81. The smallest absolute Gasteiger partial charge is 0.00697 e. The maximum Gasteiger partial charge on any atom is 0.00697 e. The second-order valence-corrected chi connectivity index (χ2v) is 6.65. The molecule has 0 saturated heterocycles. The van der Waals surface area contributed by atoms with E-state index in [4.69, 9.17) is 0 Å². The predicted octanol–water partition coefficient (Wildman–Crippen LogP) is 5.54. The lowest BCUT2D eigenvalue weighted by atomic mass is 9.83. The largest absolute Gasteiger partial charge is 0.314 e. The van der Waals surface area contributed by atoms with Crippen LogP contribution in [0.3, 0.4) is 0 Å². The summed E-state index contributed by atoms with van der Waals surface area (Å²) in [5, 5.41) is 3.81. The molecule has 1 saturated carbocycles. The fraction of sp³-hybridized carbons (Fsp3) is 1.00. The lowest BCUT2D eigenvalue weighted by Crippen LogP contribution is -2.32. The van der Waals surface area contributed by atoms with E-state index in [1.165, 1.54) is 77.2 Å². The third-order valence-electron chi connectivity index (χ3n) is 5.10. The molecule has 19 heavy (non-hydrogen) atoms. The van der Waals surface area contributed by atoms with Crippen LogP contribution in [0.4, 0.5) is 0 Å². The van der Waals surface area contributed by atoms with Crippen LogP contribution in [0.15, 0.2) is 0 Å². The van der Waals surface area contributed by atoms with E-state index in [2.05, 4.69) is 26.1 Å². The monoisotopic (exact) mass is 267 g/mol. The Balaban J connectivity index is 2.30. The van der Waals surface area contributed by atoms with Gasteiger partial charge in [0.05, 0.1) is 0 Å². The quantitative estimate of drug-likeness (QED) is 0.548. The fourth-order valence-corrected chi connectivity index (χ4v) is 3.59. The average Bonchev–Trinajstić information content (AvgIpc) is 2.47. The van der Waals surface area contributed by atoms with E-state index in [-0.39, 0.29) is 0 Å². The highest BCUT2D eigenvalue weighted by Crippen LogP contribution is 2.28. The highest BCUT2D eigenvalue weighted by atomic mass is 14.9. The molecule has 0 heterocycles. The molecule has 0 radical (unpaired) electrons. The molecule has 1 rings (SSSR count). The van der Waals surface area contributed by atoms with Crippen LogP contribution in [0.1, 0.15) is 91.4 Å². The zero-order valence-electron chi connectivity index (χ0n) is 13.7. The van der Waals surface area contributed by atoms with Crippen molar-refractivity contribution in [1.82, 2.24) is 5.32 Å². The Morgan fingerprint density at radius 3 is 2.26 bits per heavy atom. The first-order chi connectivity index (χ1) is 9.30. The summed E-state index contributed by atoms with van der Waals surface area (Å²) in [5.41, 5.74) is 0. The molecule has 114 valence electrons. The van der Waals surface area contributed by atoms with Crippen molar-refractivity contribution in [2.24, 2.45) is 11.8 Å². The van der Waals surface area contributed by atoms with E-state index < -0.39 is 0 Å². The minimum atomic E-state index is 0.784. The molecular weight excluding hydrogens is 230 g/mol. The molecule has 1 nitrogen and oxygen atoms in total. The van der Waals surface area contributed by atoms with Crippen LogP contribution in [0.5, 0.6) is 0 Å². The van der Waals surface area contributed by atoms with Crippen molar-refractivity contribution in [3.05, 3.63) is 0 Å². The predicted molar refractivity (Wildman–Crippen MR) is 86.6 cm³/mol. The summed E-state index contributed by atoms with van der Waals surface area (Å²) >= 11 is 0. The van der Waals surface area contributed by atoms with Crippen LogP contribution < -0.4 is 5.32 Å². The van der Waals surface area contributed by atoms with Gasteiger partial charge in [-0.05, 0) is 44.1 Å². The number of nitrogens with one attached hydrogen (secondary N) is 1. The summed E-state index contributed by atoms with van der Waals surface area (Å²) in [5.74, 6) is 1.97. The SMILES string of the molecule is CCCNC(CCC1CCCCC1)CC(CC)CC. The zero-order valence-corrected chi connectivity index (χ0v) is 13.7. The van der Waals surface area contributed by atoms with E-state index in [9.17, 15) is 0 Å². The van der Waals surface area contributed by atoms with Gasteiger partial charge in [0, 0.05) is 6.04 Å². The highest BCUT2D eigenvalue weighted by Gasteiger charge is 2.18. The van der Waals surface area contributed by atoms with Gasteiger partial charge in [-0.2, -0.15) is 0 Å². The van der Waals surface area contributed by atoms with Crippen molar-refractivity contribution in [2.75, 3.05) is 6.54 Å². The molecule has 1 aliphatic carbocycles. The van der Waals surface area contributed by atoms with Crippen LogP contribution in [0.2, 0.25) is 0 Å². The molecule has 0 bridgehead atoms. The summed E-state index contributed by atoms with van der Waals surface area (Å²) in [6.07, 6.45) is 15.7. The molecule has 1 atom stereocenters.